The minimum Gasteiger partial charge on any atom is -0.445 e. The van der Waals surface area contributed by atoms with Gasteiger partial charge in [-0.15, -0.1) is 0 Å². The van der Waals surface area contributed by atoms with Crippen LogP contribution in [0.2, 0.25) is 0 Å². The summed E-state index contributed by atoms with van der Waals surface area (Å²) in [6.45, 7) is 13.8. The maximum Gasteiger partial charge on any atom is 0.408 e. The Morgan fingerprint density at radius 2 is 1.44 bits per heavy atom. The third-order valence-corrected chi connectivity index (χ3v) is 16.3. The van der Waals surface area contributed by atoms with Crippen molar-refractivity contribution in [2.45, 2.75) is 186 Å². The fourth-order valence-corrected chi connectivity index (χ4v) is 11.2. The zero-order valence-corrected chi connectivity index (χ0v) is 52.7. The molecule has 1 heterocycles. The number of likely N-dealkylation sites (tertiary alicyclic amines) is 1. The fraction of sp³-hybridized carbons (Fsp3) is 0.661. The van der Waals surface area contributed by atoms with Crippen LogP contribution >= 0.6 is 0 Å². The average Bonchev–Trinajstić information content (AvgIpc) is 2.16. The highest BCUT2D eigenvalue weighted by Gasteiger charge is 2.45. The fourth-order valence-electron chi connectivity index (χ4n) is 11.2. The van der Waals surface area contributed by atoms with Crippen LogP contribution in [-0.4, -0.2) is 182 Å². The van der Waals surface area contributed by atoms with Crippen molar-refractivity contribution < 1.29 is 72.3 Å². The van der Waals surface area contributed by atoms with Gasteiger partial charge in [0.15, 0.2) is 0 Å². The number of benzene rings is 2. The second-order valence-corrected chi connectivity index (χ2v) is 24.0. The van der Waals surface area contributed by atoms with Crippen molar-refractivity contribution >= 4 is 59.2 Å². The highest BCUT2D eigenvalue weighted by Crippen LogP contribution is 2.35. The number of rotatable bonds is 35. The Morgan fingerprint density at radius 3 is 2.03 bits per heavy atom. The van der Waals surface area contributed by atoms with E-state index in [0.717, 1.165) is 25.7 Å². The third-order valence-electron chi connectivity index (χ3n) is 16.3. The molecule has 2 aromatic carbocycles. The number of anilines is 1. The lowest BCUT2D eigenvalue weighted by molar-refractivity contribution is -0.148. The Morgan fingerprint density at radius 1 is 0.782 bits per heavy atom. The number of amides is 10. The lowest BCUT2D eigenvalue weighted by Crippen LogP contribution is -2.62. The number of alkyl carbamates (subject to hydrolysis) is 1. The summed E-state index contributed by atoms with van der Waals surface area (Å²) in [6.07, 6.45) is 1.78. The molecule has 0 radical (unpaired) electrons. The summed E-state index contributed by atoms with van der Waals surface area (Å²) >= 11 is 0. The number of carbonyl (C=O) groups excluding carboxylic acids is 9. The number of nitrogens with one attached hydrogen (secondary N) is 7. The normalized spacial score (nSPS) is 17.6. The summed E-state index contributed by atoms with van der Waals surface area (Å²) in [5.74, 6) is -4.68. The van der Waals surface area contributed by atoms with E-state index in [1.165, 1.54) is 28.1 Å². The molecule has 10 amide bonds. The predicted octanol–water partition coefficient (Wildman–Crippen LogP) is 3.55. The molecule has 2 aliphatic rings. The largest absolute Gasteiger partial charge is 0.445 e. The summed E-state index contributed by atoms with van der Waals surface area (Å²) in [5, 5.41) is 38.9. The molecule has 1 saturated carbocycles. The zero-order chi connectivity index (χ0) is 64.5. The molecule has 1 aliphatic heterocycles. The number of primary amides is 1. The van der Waals surface area contributed by atoms with Crippen LogP contribution in [0.1, 0.15) is 137 Å². The molecule has 25 heteroatoms. The van der Waals surface area contributed by atoms with Crippen molar-refractivity contribution in [3.05, 3.63) is 65.7 Å². The monoisotopic (exact) mass is 1220 g/mol. The molecule has 486 valence electrons. The summed E-state index contributed by atoms with van der Waals surface area (Å²) in [6, 6.07) is 9.95. The quantitative estimate of drug-likeness (QED) is 0.0441. The molecule has 2 aromatic rings. The van der Waals surface area contributed by atoms with Crippen LogP contribution in [0.4, 0.5) is 15.3 Å². The Balaban J connectivity index is 1.37. The van der Waals surface area contributed by atoms with E-state index < -0.39 is 114 Å². The Labute approximate surface area is 512 Å². The van der Waals surface area contributed by atoms with Gasteiger partial charge in [-0.25, -0.2) is 9.59 Å². The zero-order valence-electron chi connectivity index (χ0n) is 52.7. The number of aliphatic hydroxyl groups is 2. The highest BCUT2D eigenvalue weighted by molar-refractivity contribution is 5.98. The van der Waals surface area contributed by atoms with Crippen molar-refractivity contribution in [1.29, 1.82) is 0 Å². The van der Waals surface area contributed by atoms with Crippen LogP contribution in [-0.2, 0) is 59.1 Å². The Bertz CT molecular complexity index is 2550. The van der Waals surface area contributed by atoms with Crippen LogP contribution in [0.5, 0.6) is 0 Å². The topological polar surface area (TPSA) is 348 Å². The predicted molar refractivity (Wildman–Crippen MR) is 325 cm³/mol. The van der Waals surface area contributed by atoms with Crippen LogP contribution in [0, 0.1) is 23.7 Å². The molecule has 1 saturated heterocycles. The molecule has 25 nitrogen and oxygen atoms in total. The molecular formula is C62H98N10O15. The number of likely N-dealkylation sites (N-methyl/N-ethyl adjacent to an activating group) is 1. The van der Waals surface area contributed by atoms with Crippen molar-refractivity contribution in [3.8, 4) is 0 Å². The van der Waals surface area contributed by atoms with Gasteiger partial charge in [0.2, 0.25) is 41.4 Å². The van der Waals surface area contributed by atoms with Crippen LogP contribution < -0.4 is 43.0 Å². The summed E-state index contributed by atoms with van der Waals surface area (Å²) in [7, 11) is 4.72. The number of hydrogen-bond donors (Lipinski definition) is 10. The van der Waals surface area contributed by atoms with Gasteiger partial charge in [0.05, 0.1) is 68.6 Å². The first kappa shape index (κ1) is 72.5. The molecule has 2 fully saturated rings. The average molecular weight is 1220 g/mol. The second kappa shape index (κ2) is 35.8. The standard InChI is InChI=1S/C62H98N10O15/c1-37(2)50(68-48(74)29-33-86-34-32-73)57(79)67-45(23-17-30-64-60(63)82)56(78)66-44-27-25-41(26-28-44)36-87-61(83)70-62(7,8)59(81)69-51(38(3)4)58(80)71(9)52(42-19-15-16-20-42)47(84-10)35-49(75)72-31-18-24-46(72)54(85-11)39(5)55(77)65-40(6)53(76)43-21-13-12-14-22-43/h12-14,21-22,25-28,37-40,42,45-47,50-54,73,76H,15-20,23-24,29-36H2,1-11H3,(H,65,77)(H,66,78)(H,67,79)(H,68,74)(H,69,81)(H,70,83)(H3,63,64,82)/t39-,40-,45?,46+,47-,50+,51+,52+,53-,54-/m1/s1. The van der Waals surface area contributed by atoms with Crippen LogP contribution in [0.25, 0.3) is 0 Å². The first-order valence-electron chi connectivity index (χ1n) is 30.4. The van der Waals surface area contributed by atoms with Crippen molar-refractivity contribution in [2.75, 3.05) is 59.5 Å². The number of nitrogens with zero attached hydrogens (tertiary/aromatic N) is 2. The SMILES string of the molecule is CO[C@H]([C@@H](C)C(=O)N[C@H](C)[C@@H](O)c1ccccc1)[C@@H]1CCCN1C(=O)C[C@@H](OC)[C@H](C1CCCC1)N(C)C(=O)[C@@H](NC(=O)C(C)(C)NC(=O)OCc1ccc(NC(=O)C(CCCNC(N)=O)NC(=O)[C@@H](NC(=O)CCOCCO)C(C)C)cc1)C(C)C. The van der Waals surface area contributed by atoms with Crippen molar-refractivity contribution in [1.82, 2.24) is 41.7 Å². The van der Waals surface area contributed by atoms with Gasteiger partial charge in [0, 0.05) is 46.5 Å². The van der Waals surface area contributed by atoms with Crippen LogP contribution in [0.3, 0.4) is 0 Å². The molecule has 11 N–H and O–H groups in total. The maximum atomic E-state index is 14.8. The minimum absolute atomic E-state index is 0.00984. The van der Waals surface area contributed by atoms with Gasteiger partial charge < -0.3 is 81.9 Å². The Hall–Kier alpha value is -6.93. The van der Waals surface area contributed by atoms with E-state index >= 15 is 0 Å². The third kappa shape index (κ3) is 22.3. The summed E-state index contributed by atoms with van der Waals surface area (Å²) in [5.41, 5.74) is 5.16. The van der Waals surface area contributed by atoms with Gasteiger partial charge in [0.25, 0.3) is 0 Å². The van der Waals surface area contributed by atoms with E-state index in [1.807, 2.05) is 18.2 Å². The maximum absolute atomic E-state index is 14.8. The minimum atomic E-state index is -1.58. The summed E-state index contributed by atoms with van der Waals surface area (Å²) in [4.78, 5) is 125. The first-order valence-corrected chi connectivity index (χ1v) is 30.4. The van der Waals surface area contributed by atoms with Crippen molar-refractivity contribution in [3.63, 3.8) is 0 Å². The smallest absolute Gasteiger partial charge is 0.408 e. The van der Waals surface area contributed by atoms with E-state index in [4.69, 9.17) is 29.8 Å². The van der Waals surface area contributed by atoms with Gasteiger partial charge in [-0.05, 0) is 100 Å². The summed E-state index contributed by atoms with van der Waals surface area (Å²) < 4.78 is 22.8. The van der Waals surface area contributed by atoms with Gasteiger partial charge in [0.1, 0.15) is 30.3 Å². The molecule has 4 rings (SSSR count). The lowest BCUT2D eigenvalue weighted by Gasteiger charge is -2.41. The van der Waals surface area contributed by atoms with E-state index in [1.54, 1.807) is 94.8 Å². The van der Waals surface area contributed by atoms with Gasteiger partial charge in [-0.2, -0.15) is 0 Å². The Kier molecular flexibility index (Phi) is 29.8. The molecular weight excluding hydrogens is 1120 g/mol. The first-order chi connectivity index (χ1) is 41.2. The van der Waals surface area contributed by atoms with Gasteiger partial charge in [-0.3, -0.25) is 33.6 Å². The molecule has 0 spiro atoms. The molecule has 0 bridgehead atoms. The molecule has 87 heavy (non-hydrogen) atoms. The van der Waals surface area contributed by atoms with Crippen LogP contribution in [0.15, 0.2) is 54.6 Å². The van der Waals surface area contributed by atoms with Crippen molar-refractivity contribution in [2.24, 2.45) is 29.4 Å². The number of nitrogens with two attached hydrogens (primary N) is 1. The van der Waals surface area contributed by atoms with E-state index in [0.29, 0.717) is 36.2 Å². The molecule has 1 unspecified atom stereocenters. The molecule has 10 atom stereocenters. The molecule has 1 aliphatic carbocycles. The van der Waals surface area contributed by atoms with E-state index in [-0.39, 0.29) is 82.3 Å². The number of ether oxygens (including phenoxy) is 4. The molecule has 0 aromatic heterocycles. The lowest BCUT2D eigenvalue weighted by atomic mass is 9.88. The second-order valence-electron chi connectivity index (χ2n) is 24.0. The highest BCUT2D eigenvalue weighted by atomic mass is 16.5. The number of carbonyl (C=O) groups is 9. The van der Waals surface area contributed by atoms with E-state index in [2.05, 4.69) is 37.2 Å². The number of urea groups is 1. The number of methoxy groups -OCH3 is 2. The number of hydrogen-bond acceptors (Lipinski definition) is 15. The number of aliphatic hydroxyl groups excluding tert-OH is 2. The van der Waals surface area contributed by atoms with Gasteiger partial charge in [-0.1, -0.05) is 89.9 Å². The van der Waals surface area contributed by atoms with Gasteiger partial charge >= 0.3 is 12.1 Å². The van der Waals surface area contributed by atoms with E-state index in [9.17, 15) is 48.3 Å².